The highest BCUT2D eigenvalue weighted by molar-refractivity contribution is 5.77. The van der Waals surface area contributed by atoms with Crippen molar-refractivity contribution in [1.82, 2.24) is 24.6 Å². The molecule has 0 radical (unpaired) electrons. The van der Waals surface area contributed by atoms with Gasteiger partial charge in [-0.25, -0.2) is 0 Å². The summed E-state index contributed by atoms with van der Waals surface area (Å²) >= 11 is 0. The Labute approximate surface area is 142 Å². The largest absolute Gasteiger partial charge is 0.334 e. The number of pyridine rings is 1. The van der Waals surface area contributed by atoms with Crippen LogP contribution in [0.15, 0.2) is 36.9 Å². The van der Waals surface area contributed by atoms with E-state index in [2.05, 4.69) is 26.1 Å². The summed E-state index contributed by atoms with van der Waals surface area (Å²) < 4.78 is 1.85. The fraction of sp³-hybridized carbons (Fsp3) is 0.500. The van der Waals surface area contributed by atoms with Crippen molar-refractivity contribution in [3.8, 4) is 0 Å². The third kappa shape index (κ3) is 2.94. The van der Waals surface area contributed by atoms with Crippen LogP contribution < -0.4 is 0 Å². The van der Waals surface area contributed by atoms with Gasteiger partial charge in [0, 0.05) is 69.3 Å². The SMILES string of the molecule is Cn1cc(CN2CC[C@@H]3[C@H]2CCC(=O)N3Cc2ccncc2)cn1. The molecule has 126 valence electrons. The van der Waals surface area contributed by atoms with Crippen molar-refractivity contribution in [3.63, 3.8) is 0 Å². The lowest BCUT2D eigenvalue weighted by molar-refractivity contribution is -0.138. The molecule has 2 atom stereocenters. The first-order valence-corrected chi connectivity index (χ1v) is 8.60. The van der Waals surface area contributed by atoms with Gasteiger partial charge in [-0.1, -0.05) is 0 Å². The zero-order valence-electron chi connectivity index (χ0n) is 14.0. The van der Waals surface area contributed by atoms with Gasteiger partial charge in [0.05, 0.1) is 6.20 Å². The average molecular weight is 325 g/mol. The molecule has 0 unspecified atom stereocenters. The van der Waals surface area contributed by atoms with E-state index in [4.69, 9.17) is 0 Å². The van der Waals surface area contributed by atoms with Crippen LogP contribution in [-0.2, 0) is 24.9 Å². The molecule has 0 aliphatic carbocycles. The lowest BCUT2D eigenvalue weighted by Gasteiger charge is -2.40. The number of fused-ring (bicyclic) bond motifs is 1. The van der Waals surface area contributed by atoms with Gasteiger partial charge >= 0.3 is 0 Å². The molecule has 0 spiro atoms. The molecule has 6 nitrogen and oxygen atoms in total. The van der Waals surface area contributed by atoms with Crippen LogP contribution in [0.3, 0.4) is 0 Å². The molecule has 24 heavy (non-hydrogen) atoms. The molecule has 2 fully saturated rings. The van der Waals surface area contributed by atoms with E-state index in [1.165, 1.54) is 5.56 Å². The third-order valence-electron chi connectivity index (χ3n) is 5.25. The van der Waals surface area contributed by atoms with Gasteiger partial charge in [0.25, 0.3) is 0 Å². The predicted octanol–water partition coefficient (Wildman–Crippen LogP) is 1.58. The molecule has 1 amide bonds. The van der Waals surface area contributed by atoms with E-state index in [-0.39, 0.29) is 5.91 Å². The molecule has 6 heteroatoms. The molecule has 0 bridgehead atoms. The number of piperidine rings is 1. The smallest absolute Gasteiger partial charge is 0.223 e. The molecule has 0 N–H and O–H groups in total. The van der Waals surface area contributed by atoms with Crippen LogP contribution in [0, 0.1) is 0 Å². The van der Waals surface area contributed by atoms with Crippen LogP contribution in [0.2, 0.25) is 0 Å². The van der Waals surface area contributed by atoms with Crippen molar-refractivity contribution in [2.24, 2.45) is 7.05 Å². The van der Waals surface area contributed by atoms with Crippen LogP contribution >= 0.6 is 0 Å². The standard InChI is InChI=1S/C18H23N5O/c1-21-11-15(10-20-21)12-22-9-6-17-16(22)2-3-18(24)23(17)13-14-4-7-19-8-5-14/h4-5,7-8,10-11,16-17H,2-3,6,9,12-13H2,1H3/t16-,17-/m1/s1. The highest BCUT2D eigenvalue weighted by atomic mass is 16.2. The summed E-state index contributed by atoms with van der Waals surface area (Å²) in [5.74, 6) is 0.288. The molecule has 2 aliphatic heterocycles. The van der Waals surface area contributed by atoms with E-state index in [1.807, 2.05) is 30.1 Å². The van der Waals surface area contributed by atoms with Gasteiger partial charge in [0.1, 0.15) is 0 Å². The second-order valence-corrected chi connectivity index (χ2v) is 6.83. The first-order valence-electron chi connectivity index (χ1n) is 8.60. The van der Waals surface area contributed by atoms with Crippen LogP contribution in [-0.4, -0.2) is 49.1 Å². The minimum Gasteiger partial charge on any atom is -0.334 e. The Morgan fingerprint density at radius 3 is 2.71 bits per heavy atom. The van der Waals surface area contributed by atoms with Gasteiger partial charge in [-0.3, -0.25) is 19.4 Å². The molecule has 2 aromatic rings. The van der Waals surface area contributed by atoms with Crippen molar-refractivity contribution in [1.29, 1.82) is 0 Å². The highest BCUT2D eigenvalue weighted by Gasteiger charge is 2.42. The molecular formula is C18H23N5O. The predicted molar refractivity (Wildman–Crippen MR) is 89.8 cm³/mol. The number of hydrogen-bond donors (Lipinski definition) is 0. The van der Waals surface area contributed by atoms with Crippen molar-refractivity contribution in [2.45, 2.75) is 44.4 Å². The fourth-order valence-corrected chi connectivity index (χ4v) is 4.11. The topological polar surface area (TPSA) is 54.3 Å². The summed E-state index contributed by atoms with van der Waals surface area (Å²) in [6.45, 7) is 2.67. The Hall–Kier alpha value is -2.21. The maximum atomic E-state index is 12.5. The molecule has 2 aromatic heterocycles. The molecule has 2 aliphatic rings. The number of carbonyl (C=O) groups excluding carboxylic acids is 1. The van der Waals surface area contributed by atoms with E-state index in [9.17, 15) is 4.79 Å². The molecule has 4 heterocycles. The Morgan fingerprint density at radius 2 is 1.96 bits per heavy atom. The minimum atomic E-state index is 0.288. The molecule has 4 rings (SSSR count). The van der Waals surface area contributed by atoms with Crippen molar-refractivity contribution in [2.75, 3.05) is 6.54 Å². The van der Waals surface area contributed by atoms with E-state index in [0.717, 1.165) is 31.5 Å². The van der Waals surface area contributed by atoms with Gasteiger partial charge in [-0.2, -0.15) is 5.10 Å². The van der Waals surface area contributed by atoms with Crippen LogP contribution in [0.4, 0.5) is 0 Å². The lowest BCUT2D eigenvalue weighted by atomic mass is 9.95. The number of hydrogen-bond acceptors (Lipinski definition) is 4. The summed E-state index contributed by atoms with van der Waals surface area (Å²) in [7, 11) is 1.95. The van der Waals surface area contributed by atoms with Crippen LogP contribution in [0.1, 0.15) is 30.4 Å². The Bertz CT molecular complexity index is 713. The van der Waals surface area contributed by atoms with E-state index in [1.54, 1.807) is 12.4 Å². The van der Waals surface area contributed by atoms with Crippen molar-refractivity contribution in [3.05, 3.63) is 48.0 Å². The first-order chi connectivity index (χ1) is 11.7. The Kier molecular flexibility index (Phi) is 4.06. The quantitative estimate of drug-likeness (QED) is 0.856. The lowest BCUT2D eigenvalue weighted by Crippen LogP contribution is -2.51. The summed E-state index contributed by atoms with van der Waals surface area (Å²) in [6, 6.07) is 4.79. The fourth-order valence-electron chi connectivity index (χ4n) is 4.11. The van der Waals surface area contributed by atoms with E-state index >= 15 is 0 Å². The minimum absolute atomic E-state index is 0.288. The third-order valence-corrected chi connectivity index (χ3v) is 5.25. The van der Waals surface area contributed by atoms with Gasteiger partial charge in [0.2, 0.25) is 5.91 Å². The van der Waals surface area contributed by atoms with Gasteiger partial charge in [-0.05, 0) is 30.5 Å². The summed E-state index contributed by atoms with van der Waals surface area (Å²) in [4.78, 5) is 21.2. The van der Waals surface area contributed by atoms with Crippen molar-refractivity contribution < 1.29 is 4.79 Å². The number of nitrogens with zero attached hydrogens (tertiary/aromatic N) is 5. The maximum absolute atomic E-state index is 12.5. The summed E-state index contributed by atoms with van der Waals surface area (Å²) in [6.07, 6.45) is 10.3. The number of amides is 1. The molecular weight excluding hydrogens is 302 g/mol. The molecule has 2 saturated heterocycles. The summed E-state index contributed by atoms with van der Waals surface area (Å²) in [5.41, 5.74) is 2.40. The first kappa shape index (κ1) is 15.3. The normalized spacial score (nSPS) is 24.4. The average Bonchev–Trinajstić information content (AvgIpc) is 3.18. The monoisotopic (exact) mass is 325 g/mol. The van der Waals surface area contributed by atoms with Gasteiger partial charge in [0.15, 0.2) is 0 Å². The number of carbonyl (C=O) groups is 1. The number of aryl methyl sites for hydroxylation is 1. The molecule has 0 saturated carbocycles. The summed E-state index contributed by atoms with van der Waals surface area (Å²) in [5, 5.41) is 4.27. The van der Waals surface area contributed by atoms with Crippen molar-refractivity contribution >= 4 is 5.91 Å². The van der Waals surface area contributed by atoms with E-state index < -0.39 is 0 Å². The highest BCUT2D eigenvalue weighted by Crippen LogP contribution is 2.33. The second kappa shape index (κ2) is 6.36. The number of aromatic nitrogens is 3. The Balaban J connectivity index is 1.48. The van der Waals surface area contributed by atoms with E-state index in [0.29, 0.717) is 25.0 Å². The zero-order valence-corrected chi connectivity index (χ0v) is 14.0. The number of rotatable bonds is 4. The maximum Gasteiger partial charge on any atom is 0.223 e. The van der Waals surface area contributed by atoms with Crippen LogP contribution in [0.25, 0.3) is 0 Å². The second-order valence-electron chi connectivity index (χ2n) is 6.83. The van der Waals surface area contributed by atoms with Gasteiger partial charge in [-0.15, -0.1) is 0 Å². The Morgan fingerprint density at radius 1 is 1.12 bits per heavy atom. The molecule has 0 aromatic carbocycles. The van der Waals surface area contributed by atoms with Crippen LogP contribution in [0.5, 0.6) is 0 Å². The number of likely N-dealkylation sites (tertiary alicyclic amines) is 2. The van der Waals surface area contributed by atoms with Gasteiger partial charge < -0.3 is 4.90 Å². The zero-order chi connectivity index (χ0) is 16.5.